The number of nitrogens with zero attached hydrogens (tertiary/aromatic N) is 1. The van der Waals surface area contributed by atoms with Gasteiger partial charge in [-0.3, -0.25) is 9.69 Å². The number of carbonyl (C=O) groups is 1. The second kappa shape index (κ2) is 11.2. The van der Waals surface area contributed by atoms with Crippen LogP contribution in [0.2, 0.25) is 0 Å². The molecule has 2 aromatic carbocycles. The second-order valence-corrected chi connectivity index (χ2v) is 9.75. The van der Waals surface area contributed by atoms with Crippen molar-refractivity contribution in [2.75, 3.05) is 6.54 Å². The van der Waals surface area contributed by atoms with Gasteiger partial charge in [0.05, 0.1) is 0 Å². The van der Waals surface area contributed by atoms with E-state index < -0.39 is 0 Å². The zero-order chi connectivity index (χ0) is 22.2. The number of amides is 1. The smallest absolute Gasteiger partial charge is 0.251 e. The number of aryl methyl sites for hydroxylation is 1. The van der Waals surface area contributed by atoms with Crippen molar-refractivity contribution in [1.82, 2.24) is 10.2 Å². The summed E-state index contributed by atoms with van der Waals surface area (Å²) in [5, 5.41) is 2.80. The lowest BCUT2D eigenvalue weighted by molar-refractivity contribution is 0.0950. The van der Waals surface area contributed by atoms with Crippen molar-refractivity contribution in [2.45, 2.75) is 46.8 Å². The van der Waals surface area contributed by atoms with Crippen LogP contribution in [-0.2, 0) is 19.6 Å². The number of carbonyl (C=O) groups excluding carboxylic acids is 1. The number of rotatable bonds is 10. The van der Waals surface area contributed by atoms with E-state index in [0.717, 1.165) is 26.1 Å². The Morgan fingerprint density at radius 3 is 2.42 bits per heavy atom. The van der Waals surface area contributed by atoms with E-state index in [-0.39, 0.29) is 18.3 Å². The first-order valence-corrected chi connectivity index (χ1v) is 11.6. The summed E-state index contributed by atoms with van der Waals surface area (Å²) in [6.45, 7) is 9.65. The van der Waals surface area contributed by atoms with Gasteiger partial charge in [0.25, 0.3) is 5.91 Å². The standard InChI is InChI=1S/C26H31FN2OS/c1-19(2)14-15-29(18-24-13-8-20(3)31-24)17-21-9-11-22(12-10-21)26(30)28-16-23-6-4-5-7-25(23)27/h4-13,19H,14-18H2,1-3H3,(H,28,30). The third-order valence-corrected chi connectivity index (χ3v) is 6.20. The number of benzene rings is 2. The van der Waals surface area contributed by atoms with Crippen molar-refractivity contribution >= 4 is 17.2 Å². The molecule has 1 amide bonds. The van der Waals surface area contributed by atoms with E-state index in [1.54, 1.807) is 18.2 Å². The predicted octanol–water partition coefficient (Wildman–Crippen LogP) is 6.17. The fourth-order valence-corrected chi connectivity index (χ4v) is 4.32. The van der Waals surface area contributed by atoms with Gasteiger partial charge in [-0.05, 0) is 61.7 Å². The van der Waals surface area contributed by atoms with Crippen LogP contribution in [0.5, 0.6) is 0 Å². The predicted molar refractivity (Wildman–Crippen MR) is 127 cm³/mol. The Bertz CT molecular complexity index is 981. The Labute approximate surface area is 188 Å². The first kappa shape index (κ1) is 23.2. The topological polar surface area (TPSA) is 32.3 Å². The Hall–Kier alpha value is -2.50. The molecule has 3 nitrogen and oxygen atoms in total. The molecule has 0 aliphatic carbocycles. The number of nitrogens with one attached hydrogen (secondary N) is 1. The van der Waals surface area contributed by atoms with Gasteiger partial charge in [-0.1, -0.05) is 44.2 Å². The van der Waals surface area contributed by atoms with E-state index in [1.165, 1.54) is 21.4 Å². The first-order chi connectivity index (χ1) is 14.9. The average molecular weight is 439 g/mol. The van der Waals surface area contributed by atoms with Crippen LogP contribution in [0.3, 0.4) is 0 Å². The van der Waals surface area contributed by atoms with Crippen LogP contribution in [0.4, 0.5) is 4.39 Å². The first-order valence-electron chi connectivity index (χ1n) is 10.8. The molecule has 1 heterocycles. The third kappa shape index (κ3) is 7.30. The summed E-state index contributed by atoms with van der Waals surface area (Å²) in [5.41, 5.74) is 2.25. The molecule has 0 aliphatic heterocycles. The number of hydrogen-bond donors (Lipinski definition) is 1. The summed E-state index contributed by atoms with van der Waals surface area (Å²) in [6.07, 6.45) is 1.15. The summed E-state index contributed by atoms with van der Waals surface area (Å²) in [7, 11) is 0. The van der Waals surface area contributed by atoms with Gasteiger partial charge in [-0.2, -0.15) is 0 Å². The van der Waals surface area contributed by atoms with Gasteiger partial charge < -0.3 is 5.32 Å². The molecule has 0 radical (unpaired) electrons. The molecule has 3 rings (SSSR count). The molecule has 0 unspecified atom stereocenters. The molecule has 1 aromatic heterocycles. The van der Waals surface area contributed by atoms with E-state index in [9.17, 15) is 9.18 Å². The Kier molecular flexibility index (Phi) is 8.38. The largest absolute Gasteiger partial charge is 0.348 e. The maximum absolute atomic E-state index is 13.7. The highest BCUT2D eigenvalue weighted by Gasteiger charge is 2.11. The van der Waals surface area contributed by atoms with Crippen molar-refractivity contribution in [3.63, 3.8) is 0 Å². The van der Waals surface area contributed by atoms with Gasteiger partial charge in [0.2, 0.25) is 0 Å². The van der Waals surface area contributed by atoms with Gasteiger partial charge in [0.1, 0.15) is 5.82 Å². The zero-order valence-electron chi connectivity index (χ0n) is 18.5. The Morgan fingerprint density at radius 2 is 1.77 bits per heavy atom. The zero-order valence-corrected chi connectivity index (χ0v) is 19.3. The van der Waals surface area contributed by atoms with Crippen LogP contribution in [0, 0.1) is 18.7 Å². The molecule has 0 bridgehead atoms. The maximum Gasteiger partial charge on any atom is 0.251 e. The molecule has 0 spiro atoms. The van der Waals surface area contributed by atoms with E-state index in [1.807, 2.05) is 35.6 Å². The van der Waals surface area contributed by atoms with E-state index in [0.29, 0.717) is 17.0 Å². The SMILES string of the molecule is Cc1ccc(CN(CCC(C)C)Cc2ccc(C(=O)NCc3ccccc3F)cc2)s1. The monoisotopic (exact) mass is 438 g/mol. The minimum Gasteiger partial charge on any atom is -0.348 e. The van der Waals surface area contributed by atoms with Gasteiger partial charge in [-0.25, -0.2) is 4.39 Å². The summed E-state index contributed by atoms with van der Waals surface area (Å²) in [5.74, 6) is 0.161. The molecule has 0 aliphatic rings. The lowest BCUT2D eigenvalue weighted by atomic mass is 10.1. The summed E-state index contributed by atoms with van der Waals surface area (Å²) in [4.78, 5) is 17.6. The van der Waals surface area contributed by atoms with Crippen molar-refractivity contribution in [3.8, 4) is 0 Å². The number of halogens is 1. The number of thiophene rings is 1. The summed E-state index contributed by atoms with van der Waals surface area (Å²) in [6, 6.07) is 18.6. The lowest BCUT2D eigenvalue weighted by Crippen LogP contribution is -2.25. The molecule has 31 heavy (non-hydrogen) atoms. The minimum absolute atomic E-state index is 0.177. The summed E-state index contributed by atoms with van der Waals surface area (Å²) < 4.78 is 13.7. The van der Waals surface area contributed by atoms with E-state index in [2.05, 4.69) is 43.1 Å². The van der Waals surface area contributed by atoms with Crippen molar-refractivity contribution in [3.05, 3.63) is 92.9 Å². The Morgan fingerprint density at radius 1 is 1.03 bits per heavy atom. The highest BCUT2D eigenvalue weighted by Crippen LogP contribution is 2.19. The molecule has 5 heteroatoms. The molecule has 0 saturated heterocycles. The van der Waals surface area contributed by atoms with Crippen LogP contribution in [0.15, 0.2) is 60.7 Å². The summed E-state index contributed by atoms with van der Waals surface area (Å²) >= 11 is 1.85. The molecule has 0 saturated carbocycles. The van der Waals surface area contributed by atoms with E-state index in [4.69, 9.17) is 0 Å². The van der Waals surface area contributed by atoms with Crippen molar-refractivity contribution in [2.24, 2.45) is 5.92 Å². The van der Waals surface area contributed by atoms with Crippen molar-refractivity contribution < 1.29 is 9.18 Å². The van der Waals surface area contributed by atoms with Gasteiger partial charge >= 0.3 is 0 Å². The molecule has 0 atom stereocenters. The van der Waals surface area contributed by atoms with Crippen molar-refractivity contribution in [1.29, 1.82) is 0 Å². The van der Waals surface area contributed by atoms with Gasteiger partial charge in [0.15, 0.2) is 0 Å². The lowest BCUT2D eigenvalue weighted by Gasteiger charge is -2.23. The minimum atomic E-state index is -0.305. The molecule has 164 valence electrons. The second-order valence-electron chi connectivity index (χ2n) is 8.38. The van der Waals surface area contributed by atoms with E-state index >= 15 is 0 Å². The highest BCUT2D eigenvalue weighted by molar-refractivity contribution is 7.11. The maximum atomic E-state index is 13.7. The van der Waals surface area contributed by atoms with Crippen LogP contribution >= 0.6 is 11.3 Å². The molecular weight excluding hydrogens is 407 g/mol. The molecule has 1 N–H and O–H groups in total. The Balaban J connectivity index is 1.59. The average Bonchev–Trinajstić information content (AvgIpc) is 3.16. The van der Waals surface area contributed by atoms with Crippen LogP contribution < -0.4 is 5.32 Å². The van der Waals surface area contributed by atoms with Gasteiger partial charge in [0, 0.05) is 40.5 Å². The third-order valence-electron chi connectivity index (χ3n) is 5.22. The fourth-order valence-electron chi connectivity index (χ4n) is 3.38. The quantitative estimate of drug-likeness (QED) is 0.410. The van der Waals surface area contributed by atoms with Crippen LogP contribution in [0.25, 0.3) is 0 Å². The van der Waals surface area contributed by atoms with Gasteiger partial charge in [-0.15, -0.1) is 11.3 Å². The van der Waals surface area contributed by atoms with Crippen LogP contribution in [-0.4, -0.2) is 17.4 Å². The molecule has 3 aromatic rings. The normalized spacial score (nSPS) is 11.3. The number of hydrogen-bond acceptors (Lipinski definition) is 3. The van der Waals surface area contributed by atoms with Crippen LogP contribution in [0.1, 0.15) is 51.5 Å². The highest BCUT2D eigenvalue weighted by atomic mass is 32.1. The molecule has 0 fully saturated rings. The fraction of sp³-hybridized carbons (Fsp3) is 0.346. The molecular formula is C26H31FN2OS.